The molecule has 0 N–H and O–H groups in total. The SMILES string of the molecule is COCc1ccc(C(=O)N2C[C@@H](c3ccccc3)[C@H]3[C@H]2CCCCCN3C)cc1. The quantitative estimate of drug-likeness (QED) is 0.777. The van der Waals surface area contributed by atoms with E-state index in [1.165, 1.54) is 24.8 Å². The zero-order valence-corrected chi connectivity index (χ0v) is 17.6. The van der Waals surface area contributed by atoms with Gasteiger partial charge in [-0.25, -0.2) is 0 Å². The molecule has 0 bridgehead atoms. The number of ether oxygens (including phenoxy) is 1. The molecule has 2 aliphatic rings. The van der Waals surface area contributed by atoms with Crippen LogP contribution in [-0.4, -0.2) is 55.0 Å². The second-order valence-electron chi connectivity index (χ2n) is 8.49. The van der Waals surface area contributed by atoms with E-state index in [0.717, 1.165) is 30.6 Å². The second kappa shape index (κ2) is 9.10. The van der Waals surface area contributed by atoms with E-state index in [-0.39, 0.29) is 11.9 Å². The van der Waals surface area contributed by atoms with Crippen molar-refractivity contribution in [3.8, 4) is 0 Å². The van der Waals surface area contributed by atoms with Gasteiger partial charge in [-0.3, -0.25) is 4.79 Å². The number of methoxy groups -OCH3 is 1. The molecule has 2 saturated heterocycles. The van der Waals surface area contributed by atoms with Crippen molar-refractivity contribution in [3.05, 3.63) is 71.3 Å². The van der Waals surface area contributed by atoms with E-state index in [9.17, 15) is 4.79 Å². The van der Waals surface area contributed by atoms with Crippen molar-refractivity contribution < 1.29 is 9.53 Å². The number of hydrogen-bond donors (Lipinski definition) is 0. The summed E-state index contributed by atoms with van der Waals surface area (Å²) in [5.41, 5.74) is 3.22. The molecule has 154 valence electrons. The Morgan fingerprint density at radius 3 is 2.52 bits per heavy atom. The Morgan fingerprint density at radius 1 is 1.03 bits per heavy atom. The highest BCUT2D eigenvalue weighted by molar-refractivity contribution is 5.94. The lowest BCUT2D eigenvalue weighted by atomic mass is 9.87. The van der Waals surface area contributed by atoms with Crippen molar-refractivity contribution >= 4 is 5.91 Å². The molecule has 0 saturated carbocycles. The minimum Gasteiger partial charge on any atom is -0.380 e. The number of likely N-dealkylation sites (tertiary alicyclic amines) is 2. The van der Waals surface area contributed by atoms with Crippen LogP contribution >= 0.6 is 0 Å². The Kier molecular flexibility index (Phi) is 6.31. The number of amides is 1. The number of likely N-dealkylation sites (N-methyl/N-ethyl adjacent to an activating group) is 1. The van der Waals surface area contributed by atoms with Crippen molar-refractivity contribution in [2.45, 2.75) is 50.3 Å². The molecular weight excluding hydrogens is 360 g/mol. The molecule has 0 spiro atoms. The summed E-state index contributed by atoms with van der Waals surface area (Å²) in [7, 11) is 3.94. The van der Waals surface area contributed by atoms with E-state index in [2.05, 4.69) is 47.2 Å². The van der Waals surface area contributed by atoms with Crippen LogP contribution in [0.2, 0.25) is 0 Å². The van der Waals surface area contributed by atoms with Gasteiger partial charge in [-0.15, -0.1) is 0 Å². The summed E-state index contributed by atoms with van der Waals surface area (Å²) in [6.07, 6.45) is 4.78. The average molecular weight is 393 g/mol. The smallest absolute Gasteiger partial charge is 0.254 e. The Hall–Kier alpha value is -2.17. The fraction of sp³-hybridized carbons (Fsp3) is 0.480. The van der Waals surface area contributed by atoms with Crippen molar-refractivity contribution in [1.82, 2.24) is 9.80 Å². The molecule has 4 nitrogen and oxygen atoms in total. The maximum atomic E-state index is 13.5. The number of carbonyl (C=O) groups excluding carboxylic acids is 1. The van der Waals surface area contributed by atoms with E-state index in [4.69, 9.17) is 4.74 Å². The summed E-state index contributed by atoms with van der Waals surface area (Å²) in [6.45, 7) is 2.48. The van der Waals surface area contributed by atoms with Gasteiger partial charge in [0.2, 0.25) is 0 Å². The van der Waals surface area contributed by atoms with Gasteiger partial charge < -0.3 is 14.5 Å². The summed E-state index contributed by atoms with van der Waals surface area (Å²) in [6, 6.07) is 19.3. The third-order valence-corrected chi connectivity index (χ3v) is 6.62. The van der Waals surface area contributed by atoms with Crippen molar-refractivity contribution in [2.24, 2.45) is 0 Å². The van der Waals surface area contributed by atoms with Crippen LogP contribution in [0.4, 0.5) is 0 Å². The molecule has 2 aromatic carbocycles. The maximum Gasteiger partial charge on any atom is 0.254 e. The molecule has 29 heavy (non-hydrogen) atoms. The van der Waals surface area contributed by atoms with E-state index in [1.807, 2.05) is 24.3 Å². The Morgan fingerprint density at radius 2 is 1.79 bits per heavy atom. The number of fused-ring (bicyclic) bond motifs is 1. The van der Waals surface area contributed by atoms with Gasteiger partial charge in [-0.1, -0.05) is 55.3 Å². The van der Waals surface area contributed by atoms with Crippen molar-refractivity contribution in [2.75, 3.05) is 27.2 Å². The highest BCUT2D eigenvalue weighted by Crippen LogP contribution is 2.39. The van der Waals surface area contributed by atoms with E-state index < -0.39 is 0 Å². The predicted molar refractivity (Wildman–Crippen MR) is 116 cm³/mol. The number of benzene rings is 2. The largest absolute Gasteiger partial charge is 0.380 e. The highest BCUT2D eigenvalue weighted by Gasteiger charge is 2.46. The second-order valence-corrected chi connectivity index (χ2v) is 8.49. The number of rotatable bonds is 4. The van der Waals surface area contributed by atoms with Crippen LogP contribution < -0.4 is 0 Å². The summed E-state index contributed by atoms with van der Waals surface area (Å²) >= 11 is 0. The molecule has 3 atom stereocenters. The minimum atomic E-state index is 0.163. The molecule has 1 amide bonds. The maximum absolute atomic E-state index is 13.5. The molecule has 2 fully saturated rings. The van der Waals surface area contributed by atoms with Crippen molar-refractivity contribution in [3.63, 3.8) is 0 Å². The Labute approximate surface area is 174 Å². The van der Waals surface area contributed by atoms with Crippen LogP contribution in [0.25, 0.3) is 0 Å². The first-order valence-corrected chi connectivity index (χ1v) is 10.8. The monoisotopic (exact) mass is 392 g/mol. The number of carbonyl (C=O) groups is 1. The normalized spacial score (nSPS) is 25.3. The van der Waals surface area contributed by atoms with Gasteiger partial charge in [0.1, 0.15) is 0 Å². The van der Waals surface area contributed by atoms with E-state index in [1.54, 1.807) is 7.11 Å². The zero-order chi connectivity index (χ0) is 20.2. The number of hydrogen-bond acceptors (Lipinski definition) is 3. The molecule has 4 heteroatoms. The summed E-state index contributed by atoms with van der Waals surface area (Å²) in [5.74, 6) is 0.525. The van der Waals surface area contributed by atoms with Crippen LogP contribution in [0, 0.1) is 0 Å². The molecule has 0 unspecified atom stereocenters. The molecular formula is C25H32N2O2. The Balaban J connectivity index is 1.64. The van der Waals surface area contributed by atoms with Gasteiger partial charge in [0.15, 0.2) is 0 Å². The first kappa shape index (κ1) is 20.1. The summed E-state index contributed by atoms with van der Waals surface area (Å²) in [4.78, 5) is 18.2. The molecule has 0 radical (unpaired) electrons. The average Bonchev–Trinajstić information content (AvgIpc) is 3.11. The number of nitrogens with zero attached hydrogens (tertiary/aromatic N) is 2. The van der Waals surface area contributed by atoms with Gasteiger partial charge in [0, 0.05) is 37.2 Å². The van der Waals surface area contributed by atoms with Crippen LogP contribution in [0.3, 0.4) is 0 Å². The van der Waals surface area contributed by atoms with Crippen LogP contribution in [0.15, 0.2) is 54.6 Å². The molecule has 4 rings (SSSR count). The topological polar surface area (TPSA) is 32.8 Å². The van der Waals surface area contributed by atoms with Gasteiger partial charge in [0.05, 0.1) is 6.61 Å². The molecule has 0 aromatic heterocycles. The zero-order valence-electron chi connectivity index (χ0n) is 17.6. The van der Waals surface area contributed by atoms with Gasteiger partial charge in [0.25, 0.3) is 5.91 Å². The predicted octanol–water partition coefficient (Wildman–Crippen LogP) is 4.32. The third kappa shape index (κ3) is 4.24. The van der Waals surface area contributed by atoms with Gasteiger partial charge in [-0.05, 0) is 49.7 Å². The summed E-state index contributed by atoms with van der Waals surface area (Å²) in [5, 5.41) is 0. The lowest BCUT2D eigenvalue weighted by molar-refractivity contribution is 0.0669. The molecule has 0 aliphatic carbocycles. The lowest BCUT2D eigenvalue weighted by Crippen LogP contribution is -2.47. The van der Waals surface area contributed by atoms with Crippen LogP contribution in [-0.2, 0) is 11.3 Å². The van der Waals surface area contributed by atoms with Crippen LogP contribution in [0.5, 0.6) is 0 Å². The Bertz CT molecular complexity index is 805. The van der Waals surface area contributed by atoms with Crippen molar-refractivity contribution in [1.29, 1.82) is 0 Å². The fourth-order valence-electron chi connectivity index (χ4n) is 5.19. The van der Waals surface area contributed by atoms with Gasteiger partial charge in [-0.2, -0.15) is 0 Å². The fourth-order valence-corrected chi connectivity index (χ4v) is 5.19. The first-order chi connectivity index (χ1) is 14.2. The highest BCUT2D eigenvalue weighted by atomic mass is 16.5. The minimum absolute atomic E-state index is 0.163. The van der Waals surface area contributed by atoms with Gasteiger partial charge >= 0.3 is 0 Å². The third-order valence-electron chi connectivity index (χ3n) is 6.62. The van der Waals surface area contributed by atoms with E-state index >= 15 is 0 Å². The summed E-state index contributed by atoms with van der Waals surface area (Å²) < 4.78 is 5.20. The first-order valence-electron chi connectivity index (χ1n) is 10.8. The standard InChI is InChI=1S/C25H32N2O2/c1-26-16-8-4-7-11-23-24(26)22(20-9-5-3-6-10-20)17-27(23)25(28)21-14-12-19(13-15-21)18-29-2/h3,5-6,9-10,12-15,22-24H,4,7-8,11,16-18H2,1-2H3/t22-,23+,24-/m0/s1. The lowest BCUT2D eigenvalue weighted by Gasteiger charge is -2.37. The molecule has 2 aromatic rings. The van der Waals surface area contributed by atoms with Crippen LogP contribution in [0.1, 0.15) is 53.1 Å². The molecule has 2 aliphatic heterocycles. The molecule has 2 heterocycles. The van der Waals surface area contributed by atoms with E-state index in [0.29, 0.717) is 18.6 Å².